The number of likely N-dealkylation sites (N-methyl/N-ethyl adjacent to an activating group) is 1. The number of hydrogen-bond donors (Lipinski definition) is 2. The number of nitrogens with zero attached hydrogens (tertiary/aromatic N) is 3. The first kappa shape index (κ1) is 23.6. The molecule has 3 rings (SSSR count). The number of nitro groups is 1. The first-order valence-electron chi connectivity index (χ1n) is 10.4. The second-order valence-electron chi connectivity index (χ2n) is 7.49. The molecule has 170 valence electrons. The average molecular weight is 460 g/mol. The summed E-state index contributed by atoms with van der Waals surface area (Å²) in [4.78, 5) is 39.9. The van der Waals surface area contributed by atoms with Crippen molar-refractivity contribution in [3.8, 4) is 0 Å². The molecule has 2 aromatic carbocycles. The van der Waals surface area contributed by atoms with E-state index in [0.29, 0.717) is 45.0 Å². The number of carbonyl (C=O) groups is 2. The molecule has 1 aliphatic rings. The van der Waals surface area contributed by atoms with Crippen LogP contribution in [0.25, 0.3) is 0 Å². The van der Waals surface area contributed by atoms with E-state index in [0.717, 1.165) is 5.56 Å². The van der Waals surface area contributed by atoms with Crippen molar-refractivity contribution in [2.75, 3.05) is 44.6 Å². The number of piperazine rings is 1. The van der Waals surface area contributed by atoms with Crippen LogP contribution in [0, 0.1) is 10.1 Å². The minimum Gasteiger partial charge on any atom is -0.355 e. The third kappa shape index (κ3) is 6.03. The number of nitrogens with one attached hydrogen (secondary N) is 2. The minimum absolute atomic E-state index is 0.0100. The van der Waals surface area contributed by atoms with Gasteiger partial charge in [0.15, 0.2) is 0 Å². The highest BCUT2D eigenvalue weighted by molar-refractivity contribution is 6.32. The van der Waals surface area contributed by atoms with E-state index in [9.17, 15) is 19.7 Å². The number of anilines is 1. The Hall–Kier alpha value is -3.01. The van der Waals surface area contributed by atoms with E-state index in [1.165, 1.54) is 12.1 Å². The van der Waals surface area contributed by atoms with Crippen LogP contribution in [0.3, 0.4) is 0 Å². The Morgan fingerprint density at radius 1 is 1.12 bits per heavy atom. The highest BCUT2D eigenvalue weighted by atomic mass is 35.5. The van der Waals surface area contributed by atoms with Gasteiger partial charge in [-0.1, -0.05) is 41.9 Å². The molecule has 32 heavy (non-hydrogen) atoms. The number of hydrogen-bond acceptors (Lipinski definition) is 6. The number of amides is 2. The van der Waals surface area contributed by atoms with Crippen LogP contribution >= 0.6 is 11.6 Å². The monoisotopic (exact) mass is 459 g/mol. The number of carbonyl (C=O) groups excluding carboxylic acids is 2. The molecule has 0 bridgehead atoms. The molecule has 0 aliphatic carbocycles. The smallest absolute Gasteiger partial charge is 0.289 e. The molecule has 1 unspecified atom stereocenters. The summed E-state index contributed by atoms with van der Waals surface area (Å²) in [6.07, 6.45) is 0. The van der Waals surface area contributed by atoms with Crippen molar-refractivity contribution in [3.05, 3.63) is 69.2 Å². The van der Waals surface area contributed by atoms with Gasteiger partial charge in [-0.3, -0.25) is 29.5 Å². The molecule has 0 saturated carbocycles. The normalized spacial score (nSPS) is 15.7. The van der Waals surface area contributed by atoms with Crippen molar-refractivity contribution in [1.29, 1.82) is 0 Å². The zero-order valence-electron chi connectivity index (χ0n) is 17.8. The van der Waals surface area contributed by atoms with Gasteiger partial charge in [0.05, 0.1) is 11.5 Å². The molecule has 2 N–H and O–H groups in total. The van der Waals surface area contributed by atoms with Crippen molar-refractivity contribution < 1.29 is 14.5 Å². The molecule has 10 heteroatoms. The summed E-state index contributed by atoms with van der Waals surface area (Å²) in [5, 5.41) is 16.8. The fraction of sp³-hybridized carbons (Fsp3) is 0.364. The van der Waals surface area contributed by atoms with E-state index in [2.05, 4.69) is 20.4 Å². The van der Waals surface area contributed by atoms with Crippen molar-refractivity contribution in [1.82, 2.24) is 15.1 Å². The van der Waals surface area contributed by atoms with Gasteiger partial charge in [0.1, 0.15) is 11.1 Å². The molecule has 0 spiro atoms. The summed E-state index contributed by atoms with van der Waals surface area (Å²) in [5.74, 6) is -0.298. The molecule has 0 radical (unpaired) electrons. The lowest BCUT2D eigenvalue weighted by Crippen LogP contribution is -2.52. The van der Waals surface area contributed by atoms with Crippen LogP contribution in [-0.2, 0) is 9.59 Å². The molecule has 1 heterocycles. The molecule has 1 atom stereocenters. The predicted molar refractivity (Wildman–Crippen MR) is 123 cm³/mol. The van der Waals surface area contributed by atoms with Gasteiger partial charge in [0.2, 0.25) is 11.8 Å². The fourth-order valence-corrected chi connectivity index (χ4v) is 3.93. The zero-order chi connectivity index (χ0) is 23.1. The Bertz CT molecular complexity index is 964. The SMILES string of the molecule is CCNC(=O)CN1CCN(C(C(=O)Nc2ccc(Cl)c([N+](=O)[O-])c2)c2ccccc2)CC1. The van der Waals surface area contributed by atoms with Gasteiger partial charge in [0.25, 0.3) is 5.69 Å². The van der Waals surface area contributed by atoms with Gasteiger partial charge in [-0.15, -0.1) is 0 Å². The van der Waals surface area contributed by atoms with Gasteiger partial charge in [0, 0.05) is 44.5 Å². The quantitative estimate of drug-likeness (QED) is 0.464. The van der Waals surface area contributed by atoms with Gasteiger partial charge < -0.3 is 10.6 Å². The van der Waals surface area contributed by atoms with Crippen LogP contribution < -0.4 is 10.6 Å². The predicted octanol–water partition coefficient (Wildman–Crippen LogP) is 2.68. The number of benzene rings is 2. The summed E-state index contributed by atoms with van der Waals surface area (Å²) in [5.41, 5.74) is 0.868. The number of halogens is 1. The highest BCUT2D eigenvalue weighted by Gasteiger charge is 2.31. The summed E-state index contributed by atoms with van der Waals surface area (Å²) in [7, 11) is 0. The third-order valence-electron chi connectivity index (χ3n) is 5.29. The molecule has 1 fully saturated rings. The largest absolute Gasteiger partial charge is 0.355 e. The first-order valence-corrected chi connectivity index (χ1v) is 10.8. The third-order valence-corrected chi connectivity index (χ3v) is 5.61. The maximum atomic E-state index is 13.3. The molecular formula is C22H26ClN5O4. The van der Waals surface area contributed by atoms with E-state index >= 15 is 0 Å². The van der Waals surface area contributed by atoms with Gasteiger partial charge in [-0.05, 0) is 24.6 Å². The lowest BCUT2D eigenvalue weighted by molar-refractivity contribution is -0.384. The maximum Gasteiger partial charge on any atom is 0.289 e. The first-order chi connectivity index (χ1) is 15.4. The lowest BCUT2D eigenvalue weighted by Gasteiger charge is -2.38. The molecule has 1 aliphatic heterocycles. The second kappa shape index (κ2) is 11.0. The molecule has 2 aromatic rings. The van der Waals surface area contributed by atoms with Gasteiger partial charge in [-0.2, -0.15) is 0 Å². The zero-order valence-corrected chi connectivity index (χ0v) is 18.5. The Labute approximate surface area is 191 Å². The van der Waals surface area contributed by atoms with Crippen molar-refractivity contribution in [3.63, 3.8) is 0 Å². The number of nitro benzene ring substituents is 1. The van der Waals surface area contributed by atoms with E-state index in [-0.39, 0.29) is 22.5 Å². The standard InChI is InChI=1S/C22H26ClN5O4/c1-2-24-20(29)15-26-10-12-27(13-11-26)21(16-6-4-3-5-7-16)22(30)25-17-8-9-18(23)19(14-17)28(31)32/h3-9,14,21H,2,10-13,15H2,1H3,(H,24,29)(H,25,30). The van der Waals surface area contributed by atoms with Crippen molar-refractivity contribution >= 4 is 34.8 Å². The van der Waals surface area contributed by atoms with E-state index in [1.807, 2.05) is 37.3 Å². The summed E-state index contributed by atoms with van der Waals surface area (Å²) in [6, 6.07) is 13.0. The highest BCUT2D eigenvalue weighted by Crippen LogP contribution is 2.29. The van der Waals surface area contributed by atoms with Crippen molar-refractivity contribution in [2.24, 2.45) is 0 Å². The van der Waals surface area contributed by atoms with Crippen LogP contribution in [0.2, 0.25) is 5.02 Å². The summed E-state index contributed by atoms with van der Waals surface area (Å²) < 4.78 is 0. The van der Waals surface area contributed by atoms with Crippen molar-refractivity contribution in [2.45, 2.75) is 13.0 Å². The molecule has 2 amide bonds. The van der Waals surface area contributed by atoms with Crippen LogP contribution in [0.1, 0.15) is 18.5 Å². The van der Waals surface area contributed by atoms with E-state index in [1.54, 1.807) is 6.07 Å². The molecule has 0 aromatic heterocycles. The lowest BCUT2D eigenvalue weighted by atomic mass is 10.0. The Balaban J connectivity index is 1.75. The van der Waals surface area contributed by atoms with Crippen LogP contribution in [0.4, 0.5) is 11.4 Å². The van der Waals surface area contributed by atoms with Crippen LogP contribution in [-0.4, -0.2) is 65.8 Å². The topological polar surface area (TPSA) is 108 Å². The van der Waals surface area contributed by atoms with E-state index in [4.69, 9.17) is 11.6 Å². The summed E-state index contributed by atoms with van der Waals surface area (Å²) >= 11 is 5.88. The minimum atomic E-state index is -0.583. The maximum absolute atomic E-state index is 13.3. The molecular weight excluding hydrogens is 434 g/mol. The van der Waals surface area contributed by atoms with Crippen LogP contribution in [0.15, 0.2) is 48.5 Å². The van der Waals surface area contributed by atoms with E-state index < -0.39 is 11.0 Å². The van der Waals surface area contributed by atoms with Gasteiger partial charge in [-0.25, -0.2) is 0 Å². The van der Waals surface area contributed by atoms with Crippen LogP contribution in [0.5, 0.6) is 0 Å². The Kier molecular flexibility index (Phi) is 8.15. The number of rotatable bonds is 8. The molecule has 9 nitrogen and oxygen atoms in total. The Morgan fingerprint density at radius 3 is 2.44 bits per heavy atom. The molecule has 1 saturated heterocycles. The Morgan fingerprint density at radius 2 is 1.81 bits per heavy atom. The summed E-state index contributed by atoms with van der Waals surface area (Å²) in [6.45, 7) is 5.32. The average Bonchev–Trinajstić information content (AvgIpc) is 2.77. The second-order valence-corrected chi connectivity index (χ2v) is 7.90. The van der Waals surface area contributed by atoms with Gasteiger partial charge >= 0.3 is 0 Å². The fourth-order valence-electron chi connectivity index (χ4n) is 3.74.